The normalized spacial score (nSPS) is 14.8. The van der Waals surface area contributed by atoms with Crippen molar-refractivity contribution in [3.63, 3.8) is 0 Å². The average Bonchev–Trinajstić information content (AvgIpc) is 3.24. The van der Waals surface area contributed by atoms with Gasteiger partial charge in [-0.3, -0.25) is 9.69 Å². The first kappa shape index (κ1) is 20.6. The molecule has 0 N–H and O–H groups in total. The van der Waals surface area contributed by atoms with Gasteiger partial charge in [0, 0.05) is 56.2 Å². The van der Waals surface area contributed by atoms with Crippen LogP contribution in [0.25, 0.3) is 11.4 Å². The van der Waals surface area contributed by atoms with Crippen molar-refractivity contribution in [2.75, 3.05) is 26.2 Å². The minimum Gasteiger partial charge on any atom is -0.340 e. The van der Waals surface area contributed by atoms with Crippen LogP contribution in [-0.2, 0) is 17.8 Å². The van der Waals surface area contributed by atoms with E-state index < -0.39 is 0 Å². The zero-order valence-electron chi connectivity index (χ0n) is 16.8. The van der Waals surface area contributed by atoms with E-state index in [4.69, 9.17) is 16.1 Å². The fourth-order valence-corrected chi connectivity index (χ4v) is 3.87. The molecular weight excluding hydrogens is 400 g/mol. The highest BCUT2D eigenvalue weighted by molar-refractivity contribution is 6.30. The molecule has 1 amide bonds. The predicted octanol–water partition coefficient (Wildman–Crippen LogP) is 4.06. The van der Waals surface area contributed by atoms with Crippen LogP contribution >= 0.6 is 11.6 Å². The number of nitrogens with zero attached hydrogens (tertiary/aromatic N) is 4. The van der Waals surface area contributed by atoms with E-state index in [1.807, 2.05) is 53.4 Å². The largest absolute Gasteiger partial charge is 0.340 e. The van der Waals surface area contributed by atoms with Crippen molar-refractivity contribution in [2.45, 2.75) is 25.8 Å². The molecule has 2 heterocycles. The topological polar surface area (TPSA) is 62.5 Å². The standard InChI is InChI=1S/C23H25ClN4O2/c24-20-9-4-6-18(16-20)17-27-12-14-28(15-13-27)22(29)11-5-10-21-25-23(26-30-21)19-7-2-1-3-8-19/h1-4,6-9,16H,5,10-15,17H2. The van der Waals surface area contributed by atoms with Crippen LogP contribution in [-0.4, -0.2) is 52.0 Å². The van der Waals surface area contributed by atoms with E-state index in [-0.39, 0.29) is 5.91 Å². The molecule has 1 aliphatic heterocycles. The van der Waals surface area contributed by atoms with Crippen molar-refractivity contribution in [2.24, 2.45) is 0 Å². The number of amides is 1. The Labute approximate surface area is 181 Å². The smallest absolute Gasteiger partial charge is 0.226 e. The van der Waals surface area contributed by atoms with E-state index >= 15 is 0 Å². The molecule has 7 heteroatoms. The summed E-state index contributed by atoms with van der Waals surface area (Å²) < 4.78 is 5.32. The van der Waals surface area contributed by atoms with Crippen molar-refractivity contribution in [1.29, 1.82) is 0 Å². The zero-order chi connectivity index (χ0) is 20.8. The highest BCUT2D eigenvalue weighted by atomic mass is 35.5. The van der Waals surface area contributed by atoms with Gasteiger partial charge < -0.3 is 9.42 Å². The lowest BCUT2D eigenvalue weighted by Gasteiger charge is -2.34. The van der Waals surface area contributed by atoms with Crippen LogP contribution in [0, 0.1) is 0 Å². The van der Waals surface area contributed by atoms with Crippen LogP contribution in [0.15, 0.2) is 59.1 Å². The lowest BCUT2D eigenvalue weighted by Crippen LogP contribution is -2.48. The number of halogens is 1. The van der Waals surface area contributed by atoms with Crippen molar-refractivity contribution in [3.05, 3.63) is 71.1 Å². The number of aromatic nitrogens is 2. The Morgan fingerprint density at radius 2 is 1.83 bits per heavy atom. The van der Waals surface area contributed by atoms with Gasteiger partial charge in [-0.2, -0.15) is 4.98 Å². The molecule has 1 aliphatic rings. The number of rotatable bonds is 7. The third-order valence-electron chi connectivity index (χ3n) is 5.30. The molecule has 1 aromatic heterocycles. The Hall–Kier alpha value is -2.70. The van der Waals surface area contributed by atoms with Gasteiger partial charge in [-0.1, -0.05) is 59.2 Å². The minimum absolute atomic E-state index is 0.195. The lowest BCUT2D eigenvalue weighted by atomic mass is 10.1. The number of hydrogen-bond acceptors (Lipinski definition) is 5. The lowest BCUT2D eigenvalue weighted by molar-refractivity contribution is -0.133. The maximum atomic E-state index is 12.5. The highest BCUT2D eigenvalue weighted by Gasteiger charge is 2.21. The van der Waals surface area contributed by atoms with Gasteiger partial charge >= 0.3 is 0 Å². The fourth-order valence-electron chi connectivity index (χ4n) is 3.66. The third-order valence-corrected chi connectivity index (χ3v) is 5.54. The molecule has 0 atom stereocenters. The molecule has 0 bridgehead atoms. The Morgan fingerprint density at radius 3 is 2.60 bits per heavy atom. The maximum Gasteiger partial charge on any atom is 0.226 e. The summed E-state index contributed by atoms with van der Waals surface area (Å²) in [6.07, 6.45) is 1.82. The molecule has 30 heavy (non-hydrogen) atoms. The molecule has 156 valence electrons. The monoisotopic (exact) mass is 424 g/mol. The molecule has 6 nitrogen and oxygen atoms in total. The van der Waals surface area contributed by atoms with Crippen LogP contribution in [0.1, 0.15) is 24.3 Å². The van der Waals surface area contributed by atoms with Crippen molar-refractivity contribution >= 4 is 17.5 Å². The Balaban J connectivity index is 1.19. The predicted molar refractivity (Wildman–Crippen MR) is 116 cm³/mol. The first-order chi connectivity index (χ1) is 14.7. The molecular formula is C23H25ClN4O2. The van der Waals surface area contributed by atoms with E-state index in [2.05, 4.69) is 21.1 Å². The Bertz CT molecular complexity index is 968. The molecule has 4 rings (SSSR count). The minimum atomic E-state index is 0.195. The van der Waals surface area contributed by atoms with Crippen LogP contribution < -0.4 is 0 Å². The molecule has 0 unspecified atom stereocenters. The van der Waals surface area contributed by atoms with Crippen LogP contribution in [0.3, 0.4) is 0 Å². The maximum absolute atomic E-state index is 12.5. The summed E-state index contributed by atoms with van der Waals surface area (Å²) in [5, 5.41) is 4.79. The summed E-state index contributed by atoms with van der Waals surface area (Å²) in [5.41, 5.74) is 2.14. The van der Waals surface area contributed by atoms with Crippen LogP contribution in [0.5, 0.6) is 0 Å². The number of aryl methyl sites for hydroxylation is 1. The van der Waals surface area contributed by atoms with Gasteiger partial charge in [0.15, 0.2) is 0 Å². The van der Waals surface area contributed by atoms with Gasteiger partial charge in [-0.15, -0.1) is 0 Å². The number of carbonyl (C=O) groups is 1. The quantitative estimate of drug-likeness (QED) is 0.572. The first-order valence-electron chi connectivity index (χ1n) is 10.3. The molecule has 2 aromatic carbocycles. The summed E-state index contributed by atoms with van der Waals surface area (Å²) in [6.45, 7) is 4.14. The van der Waals surface area contributed by atoms with Crippen molar-refractivity contribution < 1.29 is 9.32 Å². The molecule has 0 radical (unpaired) electrons. The number of piperazine rings is 1. The second-order valence-corrected chi connectivity index (χ2v) is 7.95. The highest BCUT2D eigenvalue weighted by Crippen LogP contribution is 2.17. The fraction of sp³-hybridized carbons (Fsp3) is 0.348. The summed E-state index contributed by atoms with van der Waals surface area (Å²) in [4.78, 5) is 21.3. The van der Waals surface area contributed by atoms with Crippen molar-refractivity contribution in [3.8, 4) is 11.4 Å². The first-order valence-corrected chi connectivity index (χ1v) is 10.7. The second-order valence-electron chi connectivity index (χ2n) is 7.52. The molecule has 0 saturated carbocycles. The van der Waals surface area contributed by atoms with Gasteiger partial charge in [0.25, 0.3) is 0 Å². The molecule has 0 aliphatic carbocycles. The number of benzene rings is 2. The van der Waals surface area contributed by atoms with Gasteiger partial charge in [0.2, 0.25) is 17.6 Å². The summed E-state index contributed by atoms with van der Waals surface area (Å²) >= 11 is 6.07. The van der Waals surface area contributed by atoms with E-state index in [1.165, 1.54) is 5.56 Å². The Kier molecular flexibility index (Phi) is 6.77. The van der Waals surface area contributed by atoms with E-state index in [0.717, 1.165) is 43.3 Å². The molecule has 0 spiro atoms. The van der Waals surface area contributed by atoms with Crippen LogP contribution in [0.2, 0.25) is 5.02 Å². The number of carbonyl (C=O) groups excluding carboxylic acids is 1. The van der Waals surface area contributed by atoms with E-state index in [9.17, 15) is 4.79 Å². The SMILES string of the molecule is O=C(CCCc1nc(-c2ccccc2)no1)N1CCN(Cc2cccc(Cl)c2)CC1. The summed E-state index contributed by atoms with van der Waals surface area (Å²) in [6, 6.07) is 17.7. The third kappa shape index (κ3) is 5.46. The van der Waals surface area contributed by atoms with E-state index in [1.54, 1.807) is 0 Å². The van der Waals surface area contributed by atoms with Gasteiger partial charge in [0.05, 0.1) is 0 Å². The average molecular weight is 425 g/mol. The van der Waals surface area contributed by atoms with Gasteiger partial charge in [-0.25, -0.2) is 0 Å². The molecule has 1 fully saturated rings. The number of hydrogen-bond donors (Lipinski definition) is 0. The van der Waals surface area contributed by atoms with E-state index in [0.29, 0.717) is 31.0 Å². The Morgan fingerprint density at radius 1 is 1.03 bits per heavy atom. The molecule has 3 aromatic rings. The molecule has 1 saturated heterocycles. The van der Waals surface area contributed by atoms with Crippen LogP contribution in [0.4, 0.5) is 0 Å². The van der Waals surface area contributed by atoms with Crippen molar-refractivity contribution in [1.82, 2.24) is 19.9 Å². The summed E-state index contributed by atoms with van der Waals surface area (Å²) in [5.74, 6) is 1.36. The second kappa shape index (κ2) is 9.87. The van der Waals surface area contributed by atoms with Gasteiger partial charge in [-0.05, 0) is 24.1 Å². The zero-order valence-corrected chi connectivity index (χ0v) is 17.6. The van der Waals surface area contributed by atoms with Gasteiger partial charge in [0.1, 0.15) is 0 Å². The summed E-state index contributed by atoms with van der Waals surface area (Å²) in [7, 11) is 0.